The average Bonchev–Trinajstić information content (AvgIpc) is 2.45. The lowest BCUT2D eigenvalue weighted by molar-refractivity contribution is -0.122. The van der Waals surface area contributed by atoms with E-state index < -0.39 is 11.7 Å². The summed E-state index contributed by atoms with van der Waals surface area (Å²) in [6.45, 7) is 5.52. The molecule has 2 N–H and O–H groups in total. The first-order valence-corrected chi connectivity index (χ1v) is 7.53. The number of Topliss-reactive ketones (excluding diaryl/α,β-unsaturated/α-hetero) is 1. The molecule has 0 saturated heterocycles. The molecule has 0 saturated carbocycles. The van der Waals surface area contributed by atoms with Crippen molar-refractivity contribution in [3.8, 4) is 0 Å². The van der Waals surface area contributed by atoms with E-state index in [0.29, 0.717) is 12.3 Å². The van der Waals surface area contributed by atoms with Crippen molar-refractivity contribution in [3.63, 3.8) is 0 Å². The number of rotatable bonds is 8. The zero-order chi connectivity index (χ0) is 16.7. The zero-order valence-corrected chi connectivity index (χ0v) is 13.3. The van der Waals surface area contributed by atoms with Gasteiger partial charge in [0.25, 0.3) is 0 Å². The van der Waals surface area contributed by atoms with Crippen LogP contribution in [0.2, 0.25) is 0 Å². The van der Waals surface area contributed by atoms with E-state index in [9.17, 15) is 19.1 Å². The third-order valence-electron chi connectivity index (χ3n) is 3.39. The number of carbonyl (C=O) groups is 2. The molecule has 4 nitrogen and oxygen atoms in total. The van der Waals surface area contributed by atoms with Gasteiger partial charge in [0, 0.05) is 17.9 Å². The molecule has 1 rings (SSSR count). The van der Waals surface area contributed by atoms with Gasteiger partial charge in [-0.15, -0.1) is 0 Å². The van der Waals surface area contributed by atoms with Crippen LogP contribution >= 0.6 is 0 Å². The predicted octanol–water partition coefficient (Wildman–Crippen LogP) is 2.56. The second-order valence-electron chi connectivity index (χ2n) is 6.06. The van der Waals surface area contributed by atoms with Crippen molar-refractivity contribution in [2.24, 2.45) is 11.8 Å². The van der Waals surface area contributed by atoms with Gasteiger partial charge >= 0.3 is 0 Å². The number of carbonyl (C=O) groups excluding carboxylic acids is 2. The second-order valence-corrected chi connectivity index (χ2v) is 6.06. The third kappa shape index (κ3) is 5.93. The number of hydrogen-bond donors (Lipinski definition) is 2. The quantitative estimate of drug-likeness (QED) is 0.725. The topological polar surface area (TPSA) is 66.4 Å². The lowest BCUT2D eigenvalue weighted by atomic mass is 9.95. The average molecular weight is 309 g/mol. The number of aliphatic hydroxyl groups is 1. The largest absolute Gasteiger partial charge is 0.394 e. The van der Waals surface area contributed by atoms with Crippen LogP contribution in [0.25, 0.3) is 0 Å². The van der Waals surface area contributed by atoms with Crippen LogP contribution in [0.15, 0.2) is 24.3 Å². The van der Waals surface area contributed by atoms with E-state index in [1.54, 1.807) is 6.92 Å². The Labute approximate surface area is 130 Å². The molecule has 0 spiro atoms. The van der Waals surface area contributed by atoms with Gasteiger partial charge in [0.1, 0.15) is 5.82 Å². The van der Waals surface area contributed by atoms with Gasteiger partial charge in [-0.1, -0.05) is 32.9 Å². The first-order valence-electron chi connectivity index (χ1n) is 7.53. The molecule has 0 aromatic heterocycles. The van der Waals surface area contributed by atoms with Crippen LogP contribution in [0, 0.1) is 17.7 Å². The molecule has 122 valence electrons. The van der Waals surface area contributed by atoms with Crippen LogP contribution in [-0.2, 0) is 4.79 Å². The van der Waals surface area contributed by atoms with E-state index in [2.05, 4.69) is 5.32 Å². The number of nitrogens with one attached hydrogen (secondary N) is 1. The summed E-state index contributed by atoms with van der Waals surface area (Å²) in [5.41, 5.74) is 0.265. The monoisotopic (exact) mass is 309 g/mol. The molecule has 5 heteroatoms. The molecule has 1 aromatic rings. The van der Waals surface area contributed by atoms with Crippen molar-refractivity contribution < 1.29 is 19.1 Å². The molecule has 1 amide bonds. The van der Waals surface area contributed by atoms with Crippen LogP contribution in [0.4, 0.5) is 4.39 Å². The van der Waals surface area contributed by atoms with Gasteiger partial charge in [-0.2, -0.15) is 0 Å². The Bertz CT molecular complexity index is 516. The number of ketones is 1. The maximum Gasteiger partial charge on any atom is 0.221 e. The fourth-order valence-electron chi connectivity index (χ4n) is 2.33. The Hall–Kier alpha value is -1.75. The van der Waals surface area contributed by atoms with E-state index in [1.807, 2.05) is 13.8 Å². The van der Waals surface area contributed by atoms with Crippen molar-refractivity contribution in [1.29, 1.82) is 0 Å². The van der Waals surface area contributed by atoms with Gasteiger partial charge in [-0.25, -0.2) is 4.39 Å². The SMILES string of the molecule is CC(C)CC(CO)NC(=O)CC(C)C(=O)c1cccc(F)c1. The number of aliphatic hydroxyl groups excluding tert-OH is 1. The van der Waals surface area contributed by atoms with Crippen LogP contribution < -0.4 is 5.32 Å². The highest BCUT2D eigenvalue weighted by Gasteiger charge is 2.21. The molecule has 0 aliphatic heterocycles. The summed E-state index contributed by atoms with van der Waals surface area (Å²) in [4.78, 5) is 24.1. The summed E-state index contributed by atoms with van der Waals surface area (Å²) in [6, 6.07) is 5.15. The van der Waals surface area contributed by atoms with Crippen LogP contribution in [0.3, 0.4) is 0 Å². The van der Waals surface area contributed by atoms with Gasteiger partial charge in [-0.05, 0) is 24.5 Å². The molecule has 0 aliphatic rings. The molecule has 2 atom stereocenters. The number of amides is 1. The zero-order valence-electron chi connectivity index (χ0n) is 13.3. The molecule has 0 radical (unpaired) electrons. The van der Waals surface area contributed by atoms with Crippen molar-refractivity contribution in [3.05, 3.63) is 35.6 Å². The normalized spacial score (nSPS) is 13.7. The molecule has 2 unspecified atom stereocenters. The first-order chi connectivity index (χ1) is 10.3. The number of benzene rings is 1. The lowest BCUT2D eigenvalue weighted by Gasteiger charge is -2.19. The molecule has 0 heterocycles. The third-order valence-corrected chi connectivity index (χ3v) is 3.39. The summed E-state index contributed by atoms with van der Waals surface area (Å²) in [6.07, 6.45) is 0.693. The summed E-state index contributed by atoms with van der Waals surface area (Å²) < 4.78 is 13.1. The molecule has 0 aliphatic carbocycles. The van der Waals surface area contributed by atoms with Gasteiger partial charge in [0.05, 0.1) is 12.6 Å². The summed E-state index contributed by atoms with van der Waals surface area (Å²) in [5.74, 6) is -1.21. The highest BCUT2D eigenvalue weighted by molar-refractivity contribution is 5.99. The van der Waals surface area contributed by atoms with Crippen molar-refractivity contribution in [2.75, 3.05) is 6.61 Å². The Morgan fingerprint density at radius 2 is 1.95 bits per heavy atom. The van der Waals surface area contributed by atoms with E-state index in [1.165, 1.54) is 24.3 Å². The smallest absolute Gasteiger partial charge is 0.221 e. The Kier molecular flexibility index (Phi) is 7.18. The van der Waals surface area contributed by atoms with Crippen LogP contribution in [-0.4, -0.2) is 29.4 Å². The molecule has 22 heavy (non-hydrogen) atoms. The van der Waals surface area contributed by atoms with Crippen molar-refractivity contribution in [2.45, 2.75) is 39.7 Å². The maximum absolute atomic E-state index is 13.1. The molecular formula is C17H24FNO3. The van der Waals surface area contributed by atoms with Crippen molar-refractivity contribution >= 4 is 11.7 Å². The predicted molar refractivity (Wildman–Crippen MR) is 83.0 cm³/mol. The van der Waals surface area contributed by atoms with E-state index in [-0.39, 0.29) is 36.3 Å². The first kappa shape index (κ1) is 18.3. The lowest BCUT2D eigenvalue weighted by Crippen LogP contribution is -2.39. The summed E-state index contributed by atoms with van der Waals surface area (Å²) >= 11 is 0. The molecule has 0 bridgehead atoms. The molecule has 1 aromatic carbocycles. The van der Waals surface area contributed by atoms with Gasteiger partial charge < -0.3 is 10.4 Å². The standard InChI is InChI=1S/C17H24FNO3/c1-11(2)7-15(10-20)19-16(21)8-12(3)17(22)13-5-4-6-14(18)9-13/h4-6,9,11-12,15,20H,7-8,10H2,1-3H3,(H,19,21). The fourth-order valence-corrected chi connectivity index (χ4v) is 2.33. The van der Waals surface area contributed by atoms with E-state index in [0.717, 1.165) is 0 Å². The second kappa shape index (κ2) is 8.63. The van der Waals surface area contributed by atoms with E-state index >= 15 is 0 Å². The Balaban J connectivity index is 2.58. The highest BCUT2D eigenvalue weighted by atomic mass is 19.1. The van der Waals surface area contributed by atoms with Gasteiger partial charge in [-0.3, -0.25) is 9.59 Å². The van der Waals surface area contributed by atoms with E-state index in [4.69, 9.17) is 0 Å². The van der Waals surface area contributed by atoms with Gasteiger partial charge in [0.2, 0.25) is 5.91 Å². The van der Waals surface area contributed by atoms with Crippen molar-refractivity contribution in [1.82, 2.24) is 5.32 Å². The highest BCUT2D eigenvalue weighted by Crippen LogP contribution is 2.14. The van der Waals surface area contributed by atoms with Crippen LogP contribution in [0.5, 0.6) is 0 Å². The van der Waals surface area contributed by atoms with Crippen LogP contribution in [0.1, 0.15) is 44.0 Å². The minimum atomic E-state index is -0.541. The van der Waals surface area contributed by atoms with Gasteiger partial charge in [0.15, 0.2) is 5.78 Å². The fraction of sp³-hybridized carbons (Fsp3) is 0.529. The molecule has 0 fully saturated rings. The summed E-state index contributed by atoms with van der Waals surface area (Å²) in [7, 11) is 0. The number of halogens is 1. The maximum atomic E-state index is 13.1. The Morgan fingerprint density at radius 1 is 1.27 bits per heavy atom. The minimum Gasteiger partial charge on any atom is -0.394 e. The molecular weight excluding hydrogens is 285 g/mol. The Morgan fingerprint density at radius 3 is 2.50 bits per heavy atom. The summed E-state index contributed by atoms with van der Waals surface area (Å²) in [5, 5.41) is 12.0. The number of hydrogen-bond acceptors (Lipinski definition) is 3. The minimum absolute atomic E-state index is 0.0178.